The predicted molar refractivity (Wildman–Crippen MR) is 159 cm³/mol. The number of hydrogen-bond acceptors (Lipinski definition) is 2. The minimum atomic E-state index is 0.617. The summed E-state index contributed by atoms with van der Waals surface area (Å²) in [6, 6.07) is 47.8. The largest absolute Gasteiger partial charge is 0.309 e. The van der Waals surface area contributed by atoms with Crippen LogP contribution in [0.1, 0.15) is 11.1 Å². The Morgan fingerprint density at radius 2 is 1.03 bits per heavy atom. The molecule has 6 aromatic carbocycles. The smallest absolute Gasteiger partial charge is 0.0998 e. The quantitative estimate of drug-likeness (QED) is 0.246. The molecule has 3 heteroatoms. The van der Waals surface area contributed by atoms with Crippen LogP contribution in [-0.4, -0.2) is 4.57 Å². The average molecular weight is 496 g/mol. The Labute approximate surface area is 226 Å². The molecule has 0 aliphatic rings. The lowest BCUT2D eigenvalue weighted by molar-refractivity contribution is 1.19. The number of nitrogens with zero attached hydrogens (tertiary/aromatic N) is 3. The van der Waals surface area contributed by atoms with Gasteiger partial charge in [-0.2, -0.15) is 10.5 Å². The van der Waals surface area contributed by atoms with Crippen molar-refractivity contribution in [1.29, 1.82) is 10.5 Å². The third kappa shape index (κ3) is 3.57. The van der Waals surface area contributed by atoms with E-state index in [4.69, 9.17) is 0 Å². The van der Waals surface area contributed by atoms with Crippen molar-refractivity contribution in [3.8, 4) is 40.1 Å². The summed E-state index contributed by atoms with van der Waals surface area (Å²) >= 11 is 0. The zero-order valence-corrected chi connectivity index (χ0v) is 21.0. The molecule has 0 saturated heterocycles. The second-order valence-electron chi connectivity index (χ2n) is 9.61. The van der Waals surface area contributed by atoms with E-state index >= 15 is 0 Å². The number of aromatic nitrogens is 1. The normalized spacial score (nSPS) is 11.0. The van der Waals surface area contributed by atoms with Crippen LogP contribution in [0.25, 0.3) is 60.5 Å². The third-order valence-corrected chi connectivity index (χ3v) is 7.47. The van der Waals surface area contributed by atoms with E-state index in [1.54, 1.807) is 0 Å². The van der Waals surface area contributed by atoms with E-state index in [2.05, 4.69) is 95.6 Å². The van der Waals surface area contributed by atoms with Gasteiger partial charge < -0.3 is 4.57 Å². The van der Waals surface area contributed by atoms with Gasteiger partial charge in [-0.3, -0.25) is 0 Å². The minimum absolute atomic E-state index is 0.617. The molecule has 7 rings (SSSR count). The standard InChI is InChI=1S/C36H21N3/c37-22-25-9-1-3-11-29(25)27-19-24-17-18-28(21-33(24)34(20-27)30-12-4-2-10-26(30)23-38)39-35-15-7-5-13-31(35)32-14-6-8-16-36(32)39/h1-21H. The second kappa shape index (κ2) is 9.03. The van der Waals surface area contributed by atoms with Crippen molar-refractivity contribution in [1.82, 2.24) is 4.57 Å². The van der Waals surface area contributed by atoms with Crippen LogP contribution in [0.15, 0.2) is 127 Å². The summed E-state index contributed by atoms with van der Waals surface area (Å²) in [5.41, 5.74) is 8.27. The van der Waals surface area contributed by atoms with Gasteiger partial charge in [0.1, 0.15) is 0 Å². The molecule has 0 spiro atoms. The van der Waals surface area contributed by atoms with Crippen molar-refractivity contribution in [2.45, 2.75) is 0 Å². The van der Waals surface area contributed by atoms with Gasteiger partial charge in [0.2, 0.25) is 0 Å². The highest BCUT2D eigenvalue weighted by Crippen LogP contribution is 2.39. The molecule has 0 bridgehead atoms. The first kappa shape index (κ1) is 22.5. The maximum atomic E-state index is 9.96. The van der Waals surface area contributed by atoms with Crippen molar-refractivity contribution >= 4 is 32.6 Å². The second-order valence-corrected chi connectivity index (χ2v) is 9.61. The van der Waals surface area contributed by atoms with Crippen molar-refractivity contribution in [2.75, 3.05) is 0 Å². The molecular weight excluding hydrogens is 474 g/mol. The highest BCUT2D eigenvalue weighted by Gasteiger charge is 2.16. The number of benzene rings is 6. The van der Waals surface area contributed by atoms with Crippen molar-refractivity contribution in [3.63, 3.8) is 0 Å². The van der Waals surface area contributed by atoms with Gasteiger partial charge in [-0.15, -0.1) is 0 Å². The fraction of sp³-hybridized carbons (Fsp3) is 0. The highest BCUT2D eigenvalue weighted by atomic mass is 15.0. The molecule has 1 aromatic heterocycles. The molecule has 0 aliphatic heterocycles. The monoisotopic (exact) mass is 495 g/mol. The molecule has 0 amide bonds. The molecular formula is C36H21N3. The predicted octanol–water partition coefficient (Wildman–Crippen LogP) is 9.01. The van der Waals surface area contributed by atoms with E-state index in [-0.39, 0.29) is 0 Å². The Morgan fingerprint density at radius 3 is 1.69 bits per heavy atom. The molecule has 7 aromatic rings. The van der Waals surface area contributed by atoms with Gasteiger partial charge in [0.15, 0.2) is 0 Å². The average Bonchev–Trinajstić information content (AvgIpc) is 3.34. The van der Waals surface area contributed by atoms with E-state index in [9.17, 15) is 10.5 Å². The summed E-state index contributed by atoms with van der Waals surface area (Å²) in [6.07, 6.45) is 0. The van der Waals surface area contributed by atoms with Crippen molar-refractivity contribution < 1.29 is 0 Å². The number of hydrogen-bond donors (Lipinski definition) is 0. The van der Waals surface area contributed by atoms with Crippen LogP contribution < -0.4 is 0 Å². The zero-order chi connectivity index (χ0) is 26.3. The molecule has 0 unspecified atom stereocenters. The Balaban J connectivity index is 1.56. The maximum Gasteiger partial charge on any atom is 0.0998 e. The fourth-order valence-electron chi connectivity index (χ4n) is 5.71. The Hall–Kier alpha value is -5.64. The van der Waals surface area contributed by atoms with E-state index < -0.39 is 0 Å². The topological polar surface area (TPSA) is 52.5 Å². The first-order valence-corrected chi connectivity index (χ1v) is 12.8. The van der Waals surface area contributed by atoms with E-state index in [0.717, 1.165) is 49.7 Å². The first-order chi connectivity index (χ1) is 19.3. The number of para-hydroxylation sites is 2. The molecule has 1 heterocycles. The summed E-state index contributed by atoms with van der Waals surface area (Å²) in [4.78, 5) is 0. The van der Waals surface area contributed by atoms with Gasteiger partial charge in [-0.1, -0.05) is 78.9 Å². The number of fused-ring (bicyclic) bond motifs is 4. The SMILES string of the molecule is N#Cc1ccccc1-c1cc(-c2ccccc2C#N)c2cc(-n3c4ccccc4c4ccccc43)ccc2c1. The molecule has 0 N–H and O–H groups in total. The molecule has 39 heavy (non-hydrogen) atoms. The Morgan fingerprint density at radius 1 is 0.462 bits per heavy atom. The highest BCUT2D eigenvalue weighted by molar-refractivity contribution is 6.10. The summed E-state index contributed by atoms with van der Waals surface area (Å²) in [5, 5.41) is 24.3. The van der Waals surface area contributed by atoms with Crippen molar-refractivity contribution in [3.05, 3.63) is 139 Å². The number of rotatable bonds is 3. The molecule has 0 aliphatic carbocycles. The Kier molecular flexibility index (Phi) is 5.22. The lowest BCUT2D eigenvalue weighted by Gasteiger charge is -2.15. The molecule has 3 nitrogen and oxygen atoms in total. The summed E-state index contributed by atoms with van der Waals surface area (Å²) in [7, 11) is 0. The van der Waals surface area contributed by atoms with Gasteiger partial charge in [-0.25, -0.2) is 0 Å². The molecule has 0 atom stereocenters. The van der Waals surface area contributed by atoms with Crippen molar-refractivity contribution in [2.24, 2.45) is 0 Å². The maximum absolute atomic E-state index is 9.96. The van der Waals surface area contributed by atoms with Gasteiger partial charge in [-0.05, 0) is 76.0 Å². The van der Waals surface area contributed by atoms with E-state index in [0.29, 0.717) is 11.1 Å². The van der Waals surface area contributed by atoms with Crippen LogP contribution in [0.5, 0.6) is 0 Å². The summed E-state index contributed by atoms with van der Waals surface area (Å²) in [6.45, 7) is 0. The van der Waals surface area contributed by atoms with Gasteiger partial charge in [0, 0.05) is 22.0 Å². The van der Waals surface area contributed by atoms with Gasteiger partial charge in [0.25, 0.3) is 0 Å². The summed E-state index contributed by atoms with van der Waals surface area (Å²) in [5.74, 6) is 0. The van der Waals surface area contributed by atoms with Crippen LogP contribution >= 0.6 is 0 Å². The lowest BCUT2D eigenvalue weighted by Crippen LogP contribution is -1.95. The number of nitriles is 2. The third-order valence-electron chi connectivity index (χ3n) is 7.47. The van der Waals surface area contributed by atoms with Gasteiger partial charge >= 0.3 is 0 Å². The van der Waals surface area contributed by atoms with Crippen LogP contribution in [0, 0.1) is 22.7 Å². The van der Waals surface area contributed by atoms with Crippen LogP contribution in [0.2, 0.25) is 0 Å². The fourth-order valence-corrected chi connectivity index (χ4v) is 5.71. The van der Waals surface area contributed by atoms with E-state index in [1.807, 2.05) is 48.5 Å². The van der Waals surface area contributed by atoms with Gasteiger partial charge in [0.05, 0.1) is 34.3 Å². The van der Waals surface area contributed by atoms with Crippen LogP contribution in [0.4, 0.5) is 0 Å². The molecule has 0 radical (unpaired) electrons. The molecule has 180 valence electrons. The molecule has 0 saturated carbocycles. The molecule has 0 fully saturated rings. The summed E-state index contributed by atoms with van der Waals surface area (Å²) < 4.78 is 2.31. The first-order valence-electron chi connectivity index (χ1n) is 12.8. The Bertz CT molecular complexity index is 2100. The lowest BCUT2D eigenvalue weighted by atomic mass is 9.89. The zero-order valence-electron chi connectivity index (χ0n) is 21.0. The van der Waals surface area contributed by atoms with Crippen LogP contribution in [0.3, 0.4) is 0 Å². The van der Waals surface area contributed by atoms with Crippen LogP contribution in [-0.2, 0) is 0 Å². The minimum Gasteiger partial charge on any atom is -0.309 e. The van der Waals surface area contributed by atoms with E-state index in [1.165, 1.54) is 10.8 Å².